The number of hydrogen-bond donors (Lipinski definition) is 3. The number of allylic oxidation sites excluding steroid dienone is 1. The van der Waals surface area contributed by atoms with Crippen molar-refractivity contribution in [2.24, 2.45) is 5.73 Å². The van der Waals surface area contributed by atoms with Crippen LogP contribution in [0.25, 0.3) is 0 Å². The van der Waals surface area contributed by atoms with Crippen LogP contribution in [0.5, 0.6) is 0 Å². The maximum Gasteiger partial charge on any atom is 0.321 e. The van der Waals surface area contributed by atoms with E-state index in [1.54, 1.807) is 0 Å². The minimum absolute atomic E-state index is 0.350. The normalized spacial score (nSPS) is 18.3. The molecule has 0 aromatic carbocycles. The topological polar surface area (TPSA) is 75.3 Å². The maximum absolute atomic E-state index is 10.4. The Morgan fingerprint density at radius 2 is 2.40 bits per heavy atom. The molecule has 4 nitrogen and oxygen atoms in total. The third kappa shape index (κ3) is 4.95. The quantitative estimate of drug-likeness (QED) is 0.451. The van der Waals surface area contributed by atoms with Crippen molar-refractivity contribution >= 4 is 5.97 Å². The van der Waals surface area contributed by atoms with Crippen molar-refractivity contribution in [1.29, 1.82) is 0 Å². The van der Waals surface area contributed by atoms with E-state index in [-0.39, 0.29) is 0 Å². The van der Waals surface area contributed by atoms with E-state index in [2.05, 4.69) is 11.4 Å². The molecule has 0 aromatic heterocycles. The average molecular weight is 212 g/mol. The summed E-state index contributed by atoms with van der Waals surface area (Å²) >= 11 is 0. The molecule has 1 unspecified atom stereocenters. The molecule has 0 aliphatic heterocycles. The number of carbonyl (C=O) groups is 1. The van der Waals surface area contributed by atoms with Crippen LogP contribution in [0.2, 0.25) is 0 Å². The monoisotopic (exact) mass is 212 g/mol. The van der Waals surface area contributed by atoms with Crippen molar-refractivity contribution in [3.63, 3.8) is 0 Å². The Bertz CT molecular complexity index is 239. The molecule has 4 heteroatoms. The third-order valence-electron chi connectivity index (χ3n) is 2.69. The summed E-state index contributed by atoms with van der Waals surface area (Å²) in [7, 11) is 0. The molecule has 0 aromatic rings. The highest BCUT2D eigenvalue weighted by molar-refractivity contribution is 5.73. The second kappa shape index (κ2) is 6.58. The highest BCUT2D eigenvalue weighted by Gasteiger charge is 2.10. The lowest BCUT2D eigenvalue weighted by Crippen LogP contribution is -2.40. The zero-order valence-electron chi connectivity index (χ0n) is 9.04. The van der Waals surface area contributed by atoms with E-state index in [0.29, 0.717) is 6.54 Å². The van der Waals surface area contributed by atoms with Crippen LogP contribution >= 0.6 is 0 Å². The molecule has 0 amide bonds. The first-order chi connectivity index (χ1) is 7.20. The molecule has 0 saturated carbocycles. The van der Waals surface area contributed by atoms with Gasteiger partial charge in [0.15, 0.2) is 0 Å². The van der Waals surface area contributed by atoms with Gasteiger partial charge in [0.2, 0.25) is 0 Å². The van der Waals surface area contributed by atoms with Gasteiger partial charge < -0.3 is 16.2 Å². The molecule has 0 spiro atoms. The summed E-state index contributed by atoms with van der Waals surface area (Å²) in [5, 5.41) is 11.6. The summed E-state index contributed by atoms with van der Waals surface area (Å²) in [5.74, 6) is -0.945. The molecule has 1 rings (SSSR count). The Labute approximate surface area is 90.5 Å². The molecule has 4 N–H and O–H groups in total. The van der Waals surface area contributed by atoms with Crippen LogP contribution in [0.1, 0.15) is 32.1 Å². The first kappa shape index (κ1) is 12.2. The molecule has 0 bridgehead atoms. The third-order valence-corrected chi connectivity index (χ3v) is 2.69. The Morgan fingerprint density at radius 1 is 1.60 bits per heavy atom. The molecule has 0 saturated heterocycles. The van der Waals surface area contributed by atoms with E-state index >= 15 is 0 Å². The Balaban J connectivity index is 2.06. The number of rotatable bonds is 6. The zero-order valence-corrected chi connectivity index (χ0v) is 9.04. The highest BCUT2D eigenvalue weighted by atomic mass is 16.4. The van der Waals surface area contributed by atoms with Crippen molar-refractivity contribution in [2.45, 2.75) is 38.1 Å². The van der Waals surface area contributed by atoms with Gasteiger partial charge in [-0.05, 0) is 38.6 Å². The Kier molecular flexibility index (Phi) is 5.36. The number of aliphatic carboxylic acids is 1. The largest absolute Gasteiger partial charge is 0.480 e. The Morgan fingerprint density at radius 3 is 3.00 bits per heavy atom. The lowest BCUT2D eigenvalue weighted by atomic mass is 9.97. The van der Waals surface area contributed by atoms with Crippen LogP contribution < -0.4 is 11.1 Å². The van der Waals surface area contributed by atoms with Crippen molar-refractivity contribution in [2.75, 3.05) is 13.1 Å². The highest BCUT2D eigenvalue weighted by Crippen LogP contribution is 2.19. The van der Waals surface area contributed by atoms with Gasteiger partial charge in [-0.1, -0.05) is 11.6 Å². The predicted molar refractivity (Wildman–Crippen MR) is 59.6 cm³/mol. The molecule has 15 heavy (non-hydrogen) atoms. The van der Waals surface area contributed by atoms with Gasteiger partial charge in [0.25, 0.3) is 0 Å². The maximum atomic E-state index is 10.4. The second-order valence-electron chi connectivity index (χ2n) is 4.01. The van der Waals surface area contributed by atoms with E-state index < -0.39 is 12.0 Å². The summed E-state index contributed by atoms with van der Waals surface area (Å²) in [4.78, 5) is 10.4. The molecule has 86 valence electrons. The molecule has 0 fully saturated rings. The van der Waals surface area contributed by atoms with Crippen molar-refractivity contribution in [1.82, 2.24) is 5.32 Å². The number of carboxylic acid groups (broad SMARTS) is 1. The van der Waals surface area contributed by atoms with Crippen molar-refractivity contribution in [3.8, 4) is 0 Å². The molecule has 1 aliphatic rings. The van der Waals surface area contributed by atoms with Gasteiger partial charge in [0.05, 0.1) is 0 Å². The average Bonchev–Trinajstić information content (AvgIpc) is 2.25. The van der Waals surface area contributed by atoms with Crippen LogP contribution in [0.4, 0.5) is 0 Å². The molecule has 1 atom stereocenters. The van der Waals surface area contributed by atoms with E-state index in [4.69, 9.17) is 10.8 Å². The van der Waals surface area contributed by atoms with Gasteiger partial charge >= 0.3 is 5.97 Å². The summed E-state index contributed by atoms with van der Waals surface area (Å²) in [6.07, 6.45) is 8.33. The SMILES string of the molecule is NC(CNCCC1=CCCCC1)C(=O)O. The number of nitrogens with two attached hydrogens (primary N) is 1. The molecular weight excluding hydrogens is 192 g/mol. The van der Waals surface area contributed by atoms with Crippen LogP contribution in [0, 0.1) is 0 Å². The number of hydrogen-bond acceptors (Lipinski definition) is 3. The standard InChI is InChI=1S/C11H20N2O2/c12-10(11(14)15)8-13-7-6-9-4-2-1-3-5-9/h4,10,13H,1-3,5-8,12H2,(H,14,15). The smallest absolute Gasteiger partial charge is 0.321 e. The summed E-state index contributed by atoms with van der Waals surface area (Å²) in [5.41, 5.74) is 6.86. The van der Waals surface area contributed by atoms with Crippen LogP contribution in [0.15, 0.2) is 11.6 Å². The number of nitrogens with one attached hydrogen (secondary N) is 1. The summed E-state index contributed by atoms with van der Waals surface area (Å²) < 4.78 is 0. The lowest BCUT2D eigenvalue weighted by Gasteiger charge is -2.13. The molecule has 0 heterocycles. The summed E-state index contributed by atoms with van der Waals surface area (Å²) in [6.45, 7) is 1.18. The van der Waals surface area contributed by atoms with E-state index in [9.17, 15) is 4.79 Å². The van der Waals surface area contributed by atoms with Gasteiger partial charge in [-0.3, -0.25) is 4.79 Å². The fourth-order valence-electron chi connectivity index (χ4n) is 1.73. The lowest BCUT2D eigenvalue weighted by molar-refractivity contribution is -0.138. The fraction of sp³-hybridized carbons (Fsp3) is 0.727. The minimum atomic E-state index is -0.945. The zero-order chi connectivity index (χ0) is 11.1. The van der Waals surface area contributed by atoms with E-state index in [1.807, 2.05) is 0 Å². The van der Waals surface area contributed by atoms with Gasteiger partial charge in [0, 0.05) is 6.54 Å². The van der Waals surface area contributed by atoms with Gasteiger partial charge in [-0.15, -0.1) is 0 Å². The van der Waals surface area contributed by atoms with E-state index in [0.717, 1.165) is 13.0 Å². The first-order valence-corrected chi connectivity index (χ1v) is 5.57. The van der Waals surface area contributed by atoms with Crippen LogP contribution in [-0.4, -0.2) is 30.2 Å². The van der Waals surface area contributed by atoms with Crippen LogP contribution in [0.3, 0.4) is 0 Å². The Hall–Kier alpha value is -0.870. The molecular formula is C11H20N2O2. The van der Waals surface area contributed by atoms with Crippen molar-refractivity contribution < 1.29 is 9.90 Å². The van der Waals surface area contributed by atoms with Gasteiger partial charge in [-0.2, -0.15) is 0 Å². The van der Waals surface area contributed by atoms with Gasteiger partial charge in [-0.25, -0.2) is 0 Å². The van der Waals surface area contributed by atoms with Crippen LogP contribution in [-0.2, 0) is 4.79 Å². The van der Waals surface area contributed by atoms with E-state index in [1.165, 1.54) is 31.3 Å². The molecule has 0 radical (unpaired) electrons. The van der Waals surface area contributed by atoms with Crippen molar-refractivity contribution in [3.05, 3.63) is 11.6 Å². The van der Waals surface area contributed by atoms with Gasteiger partial charge in [0.1, 0.15) is 6.04 Å². The second-order valence-corrected chi connectivity index (χ2v) is 4.01. The molecule has 1 aliphatic carbocycles. The minimum Gasteiger partial charge on any atom is -0.480 e. The summed E-state index contributed by atoms with van der Waals surface area (Å²) in [6, 6.07) is -0.787. The fourth-order valence-corrected chi connectivity index (χ4v) is 1.73. The predicted octanol–water partition coefficient (Wildman–Crippen LogP) is 0.878. The number of carboxylic acids is 1. The first-order valence-electron chi connectivity index (χ1n) is 5.57.